The first-order valence-corrected chi connectivity index (χ1v) is 49.8. The van der Waals surface area contributed by atoms with Gasteiger partial charge in [0.15, 0.2) is 5.65 Å². The van der Waals surface area contributed by atoms with Crippen molar-refractivity contribution in [3.05, 3.63) is 523 Å². The van der Waals surface area contributed by atoms with Gasteiger partial charge in [0.1, 0.15) is 24.6 Å². The first-order valence-electron chi connectivity index (χ1n) is 49.8. The van der Waals surface area contributed by atoms with Crippen LogP contribution in [0.1, 0.15) is 0 Å². The fourth-order valence-electron chi connectivity index (χ4n) is 22.4. The Bertz CT molecular complexity index is 9490. The summed E-state index contributed by atoms with van der Waals surface area (Å²) < 4.78 is 5.81. The molecule has 0 unspecified atom stereocenters. The first-order chi connectivity index (χ1) is 72.8. The molecule has 0 amide bonds. The van der Waals surface area contributed by atoms with E-state index in [0.29, 0.717) is 5.78 Å². The molecule has 0 aliphatic carbocycles. The summed E-state index contributed by atoms with van der Waals surface area (Å²) in [5, 5.41) is 29.9. The Morgan fingerprint density at radius 2 is 0.422 bits per heavy atom. The van der Waals surface area contributed by atoms with Crippen molar-refractivity contribution in [2.45, 2.75) is 0 Å². The van der Waals surface area contributed by atoms with Crippen LogP contribution < -0.4 is 0 Å². The molecule has 0 N–H and O–H groups in total. The van der Waals surface area contributed by atoms with Crippen molar-refractivity contribution in [2.75, 3.05) is 0 Å². The van der Waals surface area contributed by atoms with E-state index in [0.717, 1.165) is 50.6 Å². The van der Waals surface area contributed by atoms with Crippen molar-refractivity contribution in [3.8, 4) is 134 Å². The van der Waals surface area contributed by atoms with Gasteiger partial charge in [-0.05, 0) is 290 Å². The number of rotatable bonds is 12. The molecule has 6 heterocycles. The summed E-state index contributed by atoms with van der Waals surface area (Å²) in [6.07, 6.45) is 18.4. The highest BCUT2D eigenvalue weighted by Gasteiger charge is 2.25. The Morgan fingerprint density at radius 3 is 0.741 bits per heavy atom. The molecule has 0 bridgehead atoms. The molecule has 0 fully saturated rings. The first kappa shape index (κ1) is 85.2. The summed E-state index contributed by atoms with van der Waals surface area (Å²) in [5.41, 5.74) is 29.6. The van der Waals surface area contributed by atoms with E-state index in [1.807, 2.05) is 37.9 Å². The van der Waals surface area contributed by atoms with Gasteiger partial charge < -0.3 is 4.40 Å². The lowest BCUT2D eigenvalue weighted by atomic mass is 9.84. The molecule has 0 aliphatic heterocycles. The molecule has 24 aromatic carbocycles. The fourth-order valence-corrected chi connectivity index (χ4v) is 22.4. The maximum Gasteiger partial charge on any atom is 0.237 e. The lowest BCUT2D eigenvalue weighted by Gasteiger charge is -2.19. The number of nitrogens with zero attached hydrogens (tertiary/aromatic N) is 10. The fraction of sp³-hybridized carbons (Fsp3) is 0. The molecule has 10 nitrogen and oxygen atoms in total. The minimum absolute atomic E-state index is 0.638. The van der Waals surface area contributed by atoms with Gasteiger partial charge in [-0.3, -0.25) is 13.8 Å². The average molecular weight is 1870 g/mol. The van der Waals surface area contributed by atoms with E-state index >= 15 is 0 Å². The van der Waals surface area contributed by atoms with Crippen molar-refractivity contribution < 1.29 is 0 Å². The van der Waals surface area contributed by atoms with Crippen LogP contribution in [0.25, 0.3) is 280 Å². The van der Waals surface area contributed by atoms with Gasteiger partial charge in [0.25, 0.3) is 0 Å². The Labute approximate surface area is 845 Å². The predicted molar refractivity (Wildman–Crippen MR) is 612 cm³/mol. The molecule has 30 rings (SSSR count). The Hall–Kier alpha value is -19.8. The Balaban J connectivity index is 0.000000107. The molecule has 684 valence electrons. The molecule has 0 saturated carbocycles. The smallest absolute Gasteiger partial charge is 0.237 e. The summed E-state index contributed by atoms with van der Waals surface area (Å²) in [6.45, 7) is 0. The van der Waals surface area contributed by atoms with Crippen molar-refractivity contribution in [3.63, 3.8) is 0 Å². The van der Waals surface area contributed by atoms with Crippen LogP contribution >= 0.6 is 0 Å². The van der Waals surface area contributed by atoms with Crippen molar-refractivity contribution >= 4 is 146 Å². The third-order valence-corrected chi connectivity index (χ3v) is 29.5. The van der Waals surface area contributed by atoms with Gasteiger partial charge in [-0.25, -0.2) is 29.9 Å². The average Bonchev–Trinajstić information content (AvgIpc) is 1.38. The van der Waals surface area contributed by atoms with Crippen LogP contribution in [0.15, 0.2) is 523 Å². The molecule has 0 radical (unpaired) electrons. The van der Waals surface area contributed by atoms with E-state index in [1.165, 1.54) is 230 Å². The minimum Gasteiger partial charge on any atom is -0.304 e. The van der Waals surface area contributed by atoms with Crippen molar-refractivity contribution in [1.82, 2.24) is 48.1 Å². The van der Waals surface area contributed by atoms with Gasteiger partial charge in [0, 0.05) is 53.9 Å². The second-order valence-corrected chi connectivity index (χ2v) is 38.1. The summed E-state index contributed by atoms with van der Waals surface area (Å²) in [7, 11) is 0. The number of imidazole rings is 3. The van der Waals surface area contributed by atoms with Crippen LogP contribution in [0.4, 0.5) is 0 Å². The predicted octanol–water partition coefficient (Wildman–Crippen LogP) is 35.4. The third kappa shape index (κ3) is 15.4. The molecule has 6 aromatic heterocycles. The van der Waals surface area contributed by atoms with Crippen LogP contribution in [0.5, 0.6) is 0 Å². The standard InChI is InChI=1S/2C46H29N3.C45H28N4/c1-3-9-34-25-37(19-15-30(34)7-1)45-39-11-5-6-12-40(39)46(38-20-16-31-8-2-4-10-35(31)26-38)42-27-36(21-22-41(42)45)32-13-17-33(18-14-32)43-29-49-24-23-47-28-44(49)48-43;1-3-9-34-25-37(19-15-30(34)7-1)45-39-11-5-6-12-40(39)46(38-20-16-31-8-2-4-10-35(31)26-38)42-27-36(21-22-41(42)45)32-13-17-33(18-14-32)43-28-49-29-47-24-23-44(49)48-43;1-3-9-33-23-36(19-15-29(33)7-1)43-38-11-5-6-12-39(38)44(37-20-16-30-8-2-4-10-34(30)24-37)41-25-35(21-22-40(41)43)31-13-17-32(18-14-31)42-26-49-28-46-27-47-45(49)48-42/h2*1-29H;1-28H. The SMILES string of the molecule is c1ccc2cc(-c3c4ccccc4c(-c4ccc5ccccc5c4)c4cc(-c5ccc(-c6cn7ccncc7n6)cc5)ccc34)ccc2c1.c1ccc2cc(-c3c4ccccc4c(-c4ccc5ccccc5c4)c4cc(-c5ccc(-c6cn7cnccc7n6)cc5)ccc34)ccc2c1.c1ccc2cc(-c3c4ccccc4c(-c4ccc5ccccc5c4)c4cc(-c5ccc(-c6cn7cncnc7n6)cc5)ccc34)ccc2c1. The number of aromatic nitrogens is 10. The highest BCUT2D eigenvalue weighted by atomic mass is 15.1. The third-order valence-electron chi connectivity index (χ3n) is 29.5. The maximum absolute atomic E-state index is 4.80. The normalized spacial score (nSPS) is 11.7. The molecular weight excluding hydrogens is 1790 g/mol. The van der Waals surface area contributed by atoms with Gasteiger partial charge in [-0.1, -0.05) is 400 Å². The number of benzene rings is 24. The Kier molecular flexibility index (Phi) is 20.7. The topological polar surface area (TPSA) is 103 Å². The van der Waals surface area contributed by atoms with Crippen molar-refractivity contribution in [2.24, 2.45) is 0 Å². The number of fused-ring (bicyclic) bond motifs is 15. The largest absolute Gasteiger partial charge is 0.304 e. The molecule has 0 aliphatic rings. The summed E-state index contributed by atoms with van der Waals surface area (Å²) in [4.78, 5) is 31.1. The molecule has 147 heavy (non-hydrogen) atoms. The van der Waals surface area contributed by atoms with Gasteiger partial charge >= 0.3 is 0 Å². The molecule has 0 saturated heterocycles. The van der Waals surface area contributed by atoms with Crippen LogP contribution in [-0.4, -0.2) is 48.1 Å². The van der Waals surface area contributed by atoms with Gasteiger partial charge in [0.2, 0.25) is 5.78 Å². The minimum atomic E-state index is 0.638. The highest BCUT2D eigenvalue weighted by Crippen LogP contribution is 2.51. The monoisotopic (exact) mass is 1870 g/mol. The van der Waals surface area contributed by atoms with Gasteiger partial charge in [0.05, 0.1) is 23.3 Å². The van der Waals surface area contributed by atoms with Crippen LogP contribution in [0, 0.1) is 0 Å². The van der Waals surface area contributed by atoms with Crippen LogP contribution in [-0.2, 0) is 0 Å². The lowest BCUT2D eigenvalue weighted by molar-refractivity contribution is 1.01. The van der Waals surface area contributed by atoms with Crippen molar-refractivity contribution in [1.29, 1.82) is 0 Å². The zero-order valence-corrected chi connectivity index (χ0v) is 79.6. The lowest BCUT2D eigenvalue weighted by Crippen LogP contribution is -1.92. The van der Waals surface area contributed by atoms with E-state index in [9.17, 15) is 0 Å². The van der Waals surface area contributed by atoms with Crippen LogP contribution in [0.2, 0.25) is 0 Å². The van der Waals surface area contributed by atoms with Gasteiger partial charge in [-0.15, -0.1) is 0 Å². The summed E-state index contributed by atoms with van der Waals surface area (Å²) in [5.74, 6) is 0.638. The maximum atomic E-state index is 4.80. The number of hydrogen-bond donors (Lipinski definition) is 0. The van der Waals surface area contributed by atoms with E-state index in [2.05, 4.69) is 481 Å². The zero-order valence-electron chi connectivity index (χ0n) is 79.6. The zero-order chi connectivity index (χ0) is 96.9. The van der Waals surface area contributed by atoms with Gasteiger partial charge in [-0.2, -0.15) is 0 Å². The highest BCUT2D eigenvalue weighted by molar-refractivity contribution is 6.26. The van der Waals surface area contributed by atoms with E-state index < -0.39 is 0 Å². The Morgan fingerprint density at radius 1 is 0.163 bits per heavy atom. The number of hydrogen-bond acceptors (Lipinski definition) is 7. The summed E-state index contributed by atoms with van der Waals surface area (Å²) >= 11 is 0. The summed E-state index contributed by atoms with van der Waals surface area (Å²) in [6, 6.07) is 169. The van der Waals surface area contributed by atoms with E-state index in [4.69, 9.17) is 15.0 Å². The molecular formula is C137H86N10. The molecule has 10 heteroatoms. The molecule has 30 aromatic rings. The second kappa shape index (κ2) is 35.8. The second-order valence-electron chi connectivity index (χ2n) is 38.1. The molecule has 0 atom stereocenters. The van der Waals surface area contributed by atoms with E-state index in [1.54, 1.807) is 31.2 Å². The van der Waals surface area contributed by atoms with Crippen LogP contribution in [0.3, 0.4) is 0 Å². The van der Waals surface area contributed by atoms with E-state index in [-0.39, 0.29) is 0 Å². The quantitative estimate of drug-likeness (QED) is 0.112. The molecule has 0 spiro atoms.